The van der Waals surface area contributed by atoms with E-state index in [1.54, 1.807) is 0 Å². The summed E-state index contributed by atoms with van der Waals surface area (Å²) in [4.78, 5) is 0. The van der Waals surface area contributed by atoms with E-state index in [0.29, 0.717) is 38.7 Å². The predicted molar refractivity (Wildman–Crippen MR) is 129 cm³/mol. The normalized spacial score (nSPS) is 26.0. The van der Waals surface area contributed by atoms with Crippen molar-refractivity contribution in [1.82, 2.24) is 0 Å². The van der Waals surface area contributed by atoms with Crippen LogP contribution in [0.3, 0.4) is 0 Å². The lowest BCUT2D eigenvalue weighted by atomic mass is 10.0. The lowest BCUT2D eigenvalue weighted by molar-refractivity contribution is 0.136. The average molecular weight is 413 g/mol. The Morgan fingerprint density at radius 3 is 1.26 bits per heavy atom. The summed E-state index contributed by atoms with van der Waals surface area (Å²) in [6, 6.07) is 0. The molecule has 1 rings (SSSR count). The van der Waals surface area contributed by atoms with Gasteiger partial charge in [-0.05, 0) is 50.6 Å². The van der Waals surface area contributed by atoms with E-state index < -0.39 is 16.4 Å². The Morgan fingerprint density at radius 2 is 1.04 bits per heavy atom. The van der Waals surface area contributed by atoms with Gasteiger partial charge in [0.25, 0.3) is 0 Å². The smallest absolute Gasteiger partial charge is 0.200 e. The molecule has 1 nitrogen and oxygen atoms in total. The Balaban J connectivity index is 3.21. The lowest BCUT2D eigenvalue weighted by Gasteiger charge is -2.46. The molecule has 0 aromatic carbocycles. The minimum Gasteiger partial charge on any atom is -0.413 e. The van der Waals surface area contributed by atoms with E-state index in [0.717, 1.165) is 11.1 Å². The van der Waals surface area contributed by atoms with Gasteiger partial charge in [0.1, 0.15) is 0 Å². The second-order valence-corrected chi connectivity index (χ2v) is 24.4. The number of hydrogen-bond acceptors (Lipinski definition) is 1. The molecule has 1 aliphatic rings. The molecule has 0 bridgehead atoms. The highest BCUT2D eigenvalue weighted by Gasteiger charge is 2.75. The molecule has 0 saturated carbocycles. The minimum atomic E-state index is -1.82. The number of hydrogen-bond donors (Lipinski definition) is 0. The van der Waals surface area contributed by atoms with Crippen LogP contribution in [0, 0.1) is 5.92 Å². The second-order valence-electron chi connectivity index (χ2n) is 12.7. The van der Waals surface area contributed by atoms with E-state index >= 15 is 0 Å². The molecule has 0 aliphatic carbocycles. The first kappa shape index (κ1) is 25.4. The summed E-state index contributed by atoms with van der Waals surface area (Å²) < 4.78 is 7.21. The molecule has 0 unspecified atom stereocenters. The highest BCUT2D eigenvalue weighted by atomic mass is 28.4. The molecule has 1 saturated heterocycles. The van der Waals surface area contributed by atoms with Crippen molar-refractivity contribution in [1.29, 1.82) is 0 Å². The molecule has 0 radical (unpaired) electrons. The van der Waals surface area contributed by atoms with Gasteiger partial charge in [-0.1, -0.05) is 96.9 Å². The monoisotopic (exact) mass is 412 g/mol. The highest BCUT2D eigenvalue weighted by molar-refractivity contribution is 6.97. The Bertz CT molecular complexity index is 460. The molecule has 0 amide bonds. The van der Waals surface area contributed by atoms with Crippen molar-refractivity contribution >= 4 is 16.4 Å². The van der Waals surface area contributed by atoms with Gasteiger partial charge in [-0.2, -0.15) is 0 Å². The first-order valence-corrected chi connectivity index (χ1v) is 15.9. The van der Waals surface area contributed by atoms with Crippen molar-refractivity contribution in [2.45, 2.75) is 148 Å². The summed E-state index contributed by atoms with van der Waals surface area (Å²) >= 11 is 0. The molecule has 27 heavy (non-hydrogen) atoms. The minimum absolute atomic E-state index is 0.371. The molecule has 0 aromatic rings. The first-order chi connectivity index (χ1) is 11.9. The first-order valence-electron chi connectivity index (χ1n) is 11.6. The van der Waals surface area contributed by atoms with Gasteiger partial charge in [0.2, 0.25) is 8.32 Å². The van der Waals surface area contributed by atoms with Gasteiger partial charge in [0.05, 0.1) is 8.07 Å². The van der Waals surface area contributed by atoms with E-state index in [9.17, 15) is 0 Å². The van der Waals surface area contributed by atoms with Gasteiger partial charge < -0.3 is 4.43 Å². The van der Waals surface area contributed by atoms with Crippen molar-refractivity contribution < 1.29 is 4.43 Å². The van der Waals surface area contributed by atoms with Crippen molar-refractivity contribution in [3.05, 3.63) is 0 Å². The Hall–Kier alpha value is 0.394. The fourth-order valence-electron chi connectivity index (χ4n) is 8.08. The van der Waals surface area contributed by atoms with Crippen LogP contribution in [0.2, 0.25) is 37.8 Å². The molecule has 0 aromatic heterocycles. The van der Waals surface area contributed by atoms with Crippen LogP contribution in [0.4, 0.5) is 0 Å². The predicted octanol–water partition coefficient (Wildman–Crippen LogP) is 9.03. The van der Waals surface area contributed by atoms with Crippen LogP contribution < -0.4 is 0 Å². The fourth-order valence-corrected chi connectivity index (χ4v) is 23.8. The van der Waals surface area contributed by atoms with E-state index in [-0.39, 0.29) is 0 Å². The van der Waals surface area contributed by atoms with Crippen LogP contribution in [-0.2, 0) is 4.43 Å². The quantitative estimate of drug-likeness (QED) is 0.379. The molecule has 0 N–H and O–H groups in total. The third kappa shape index (κ3) is 3.91. The van der Waals surface area contributed by atoms with Crippen LogP contribution in [0.1, 0.15) is 104 Å². The second kappa shape index (κ2) is 7.91. The summed E-state index contributed by atoms with van der Waals surface area (Å²) in [5.41, 5.74) is 3.76. The summed E-state index contributed by atoms with van der Waals surface area (Å²) in [5, 5.41) is 0.901. The van der Waals surface area contributed by atoms with Crippen LogP contribution in [0.5, 0.6) is 0 Å². The van der Waals surface area contributed by atoms with E-state index in [1.807, 2.05) is 0 Å². The van der Waals surface area contributed by atoms with Gasteiger partial charge in [0.15, 0.2) is 0 Å². The van der Waals surface area contributed by atoms with Crippen LogP contribution in [-0.4, -0.2) is 22.5 Å². The third-order valence-corrected chi connectivity index (χ3v) is 23.2. The van der Waals surface area contributed by atoms with Crippen LogP contribution in [0.15, 0.2) is 0 Å². The summed E-state index contributed by atoms with van der Waals surface area (Å²) in [6.07, 6.45) is 0.371. The molecular weight excluding hydrogens is 360 g/mol. The van der Waals surface area contributed by atoms with E-state index in [4.69, 9.17) is 4.43 Å². The molecular formula is C24H52OSi2. The molecule has 0 spiro atoms. The lowest BCUT2D eigenvalue weighted by Crippen LogP contribution is -2.51. The van der Waals surface area contributed by atoms with Crippen molar-refractivity contribution in [2.24, 2.45) is 5.92 Å². The van der Waals surface area contributed by atoms with Gasteiger partial charge in [0, 0.05) is 6.10 Å². The molecule has 4 atom stereocenters. The van der Waals surface area contributed by atoms with Crippen LogP contribution in [0.25, 0.3) is 0 Å². The zero-order valence-corrected chi connectivity index (χ0v) is 23.4. The molecule has 1 heterocycles. The van der Waals surface area contributed by atoms with Gasteiger partial charge in [-0.15, -0.1) is 0 Å². The average Bonchev–Trinajstić information content (AvgIpc) is 3.09. The highest BCUT2D eigenvalue weighted by Crippen LogP contribution is 2.80. The largest absolute Gasteiger partial charge is 0.413 e. The Labute approximate surface area is 174 Å². The third-order valence-electron chi connectivity index (χ3n) is 8.56. The van der Waals surface area contributed by atoms with Gasteiger partial charge in [-0.3, -0.25) is 0 Å². The molecule has 1 aliphatic heterocycles. The SMILES string of the molecule is CC(C)[Si](O[C@H](C)[C@@H](C)[C@H]1[C@@H](C)[Si]1(C(C)(C)C)C(C)(C)C)(C(C)C)C(C)C. The molecule has 3 heteroatoms. The molecule has 162 valence electrons. The van der Waals surface area contributed by atoms with Crippen molar-refractivity contribution in [3.8, 4) is 0 Å². The van der Waals surface area contributed by atoms with E-state index in [2.05, 4.69) is 104 Å². The summed E-state index contributed by atoms with van der Waals surface area (Å²) in [7, 11) is -3.25. The van der Waals surface area contributed by atoms with E-state index in [1.165, 1.54) is 0 Å². The molecule has 1 fully saturated rings. The van der Waals surface area contributed by atoms with Crippen molar-refractivity contribution in [3.63, 3.8) is 0 Å². The maximum absolute atomic E-state index is 7.21. The Kier molecular flexibility index (Phi) is 7.45. The standard InChI is InChI=1S/C24H52OSi2/c1-16(2)26(17(3)4,18(5)6)25-20(8)19(7)22-21(9)27(22,23(10,11)12)24(13,14)15/h16-22H,1-15H3/t19-,20-,21-,22+/m1/s1. The topological polar surface area (TPSA) is 9.23 Å². The maximum Gasteiger partial charge on any atom is 0.200 e. The Morgan fingerprint density at radius 1 is 0.704 bits per heavy atom. The van der Waals surface area contributed by atoms with Gasteiger partial charge >= 0.3 is 0 Å². The zero-order chi connectivity index (χ0) is 21.7. The van der Waals surface area contributed by atoms with Gasteiger partial charge in [-0.25, -0.2) is 0 Å². The fraction of sp³-hybridized carbons (Fsp3) is 1.00. The maximum atomic E-state index is 7.21. The summed E-state index contributed by atoms with van der Waals surface area (Å²) in [6.45, 7) is 37.1. The van der Waals surface area contributed by atoms with Crippen LogP contribution >= 0.6 is 0 Å². The summed E-state index contributed by atoms with van der Waals surface area (Å²) in [5.74, 6) is 0.660. The van der Waals surface area contributed by atoms with Crippen molar-refractivity contribution in [2.75, 3.05) is 0 Å². The number of rotatable bonds is 7. The zero-order valence-electron chi connectivity index (χ0n) is 21.4.